The standard InChI is InChI=1S/C40H49NO4S2/c1-7-39(5,8-2)27-17-22-38(40(6,9-3)10-4)41-36-25-23-32(46(42,43)30-18-13-11-14-19-30)28-34(36)35-29-33(24-26-37(35)41)47(44,45)31-20-15-12-16-21-31/h11-16,18-21,23-26,28-29,38H,7-10,17,22,27H2,1-6H3. The quantitative estimate of drug-likeness (QED) is 0.118. The summed E-state index contributed by atoms with van der Waals surface area (Å²) in [4.78, 5) is 0.845. The van der Waals surface area contributed by atoms with Crippen molar-refractivity contribution in [1.82, 2.24) is 4.57 Å². The first-order valence-corrected chi connectivity index (χ1v) is 20.0. The van der Waals surface area contributed by atoms with Crippen LogP contribution in [0.1, 0.15) is 92.5 Å². The summed E-state index contributed by atoms with van der Waals surface area (Å²) >= 11 is 0. The van der Waals surface area contributed by atoms with Gasteiger partial charge < -0.3 is 4.57 Å². The molecular weight excluding hydrogens is 623 g/mol. The van der Waals surface area contributed by atoms with Crippen LogP contribution in [0.15, 0.2) is 117 Å². The fourth-order valence-corrected chi connectivity index (χ4v) is 9.61. The van der Waals surface area contributed by atoms with Gasteiger partial charge in [0.15, 0.2) is 0 Å². The SMILES string of the molecule is CCC(C)(CC)CCCC(n1c2ccc(S(=O)(=O)c3ccccc3)cc2c2cc(S(=O)(=O)c3ccccc3)ccc21)C(C)(CC)CC. The number of hydrogen-bond donors (Lipinski definition) is 0. The van der Waals surface area contributed by atoms with Gasteiger partial charge in [0.2, 0.25) is 19.7 Å². The van der Waals surface area contributed by atoms with E-state index < -0.39 is 19.7 Å². The third-order valence-electron chi connectivity index (χ3n) is 11.2. The van der Waals surface area contributed by atoms with Gasteiger partial charge in [-0.25, -0.2) is 16.8 Å². The van der Waals surface area contributed by atoms with Crippen LogP contribution in [-0.4, -0.2) is 21.4 Å². The Bertz CT molecular complexity index is 1930. The minimum atomic E-state index is -3.79. The van der Waals surface area contributed by atoms with Gasteiger partial charge in [-0.3, -0.25) is 0 Å². The van der Waals surface area contributed by atoms with Crippen LogP contribution in [0.2, 0.25) is 0 Å². The van der Waals surface area contributed by atoms with Crippen LogP contribution in [0.5, 0.6) is 0 Å². The molecule has 7 heteroatoms. The van der Waals surface area contributed by atoms with Crippen molar-refractivity contribution in [2.75, 3.05) is 0 Å². The van der Waals surface area contributed by atoms with Gasteiger partial charge in [-0.2, -0.15) is 0 Å². The lowest BCUT2D eigenvalue weighted by Gasteiger charge is -2.39. The highest BCUT2D eigenvalue weighted by Crippen LogP contribution is 2.47. The third kappa shape index (κ3) is 6.54. The largest absolute Gasteiger partial charge is 0.337 e. The molecular formula is C40H49NO4S2. The first kappa shape index (κ1) is 34.9. The van der Waals surface area contributed by atoms with E-state index in [0.717, 1.165) is 66.8 Å². The maximum atomic E-state index is 13.8. The van der Waals surface area contributed by atoms with Crippen LogP contribution in [-0.2, 0) is 19.7 Å². The molecule has 4 aromatic carbocycles. The van der Waals surface area contributed by atoms with E-state index in [4.69, 9.17) is 0 Å². The maximum Gasteiger partial charge on any atom is 0.206 e. The summed E-state index contributed by atoms with van der Waals surface area (Å²) in [7, 11) is -7.59. The Kier molecular flexibility index (Phi) is 10.1. The first-order valence-electron chi connectivity index (χ1n) is 17.0. The summed E-state index contributed by atoms with van der Waals surface area (Å²) in [6.45, 7) is 13.8. The second-order valence-corrected chi connectivity index (χ2v) is 17.5. The van der Waals surface area contributed by atoms with Gasteiger partial charge in [-0.05, 0) is 97.2 Å². The molecule has 0 amide bonds. The molecule has 0 saturated carbocycles. The number of benzene rings is 4. The molecule has 5 nitrogen and oxygen atoms in total. The van der Waals surface area contributed by atoms with Gasteiger partial charge in [-0.1, -0.05) is 97.2 Å². The number of hydrogen-bond acceptors (Lipinski definition) is 4. The predicted molar refractivity (Wildman–Crippen MR) is 193 cm³/mol. The Hall–Kier alpha value is -3.42. The van der Waals surface area contributed by atoms with E-state index in [1.807, 2.05) is 12.1 Å². The van der Waals surface area contributed by atoms with Gasteiger partial charge in [0.1, 0.15) is 0 Å². The molecule has 0 aliphatic rings. The van der Waals surface area contributed by atoms with Crippen molar-refractivity contribution in [2.24, 2.45) is 10.8 Å². The van der Waals surface area contributed by atoms with Crippen molar-refractivity contribution in [3.63, 3.8) is 0 Å². The molecule has 47 heavy (non-hydrogen) atoms. The molecule has 0 aliphatic heterocycles. The fourth-order valence-electron chi connectivity index (χ4n) is 6.99. The van der Waals surface area contributed by atoms with Crippen LogP contribution in [0.4, 0.5) is 0 Å². The Morgan fingerprint density at radius 2 is 1.00 bits per heavy atom. The van der Waals surface area contributed by atoms with Crippen molar-refractivity contribution >= 4 is 41.5 Å². The Morgan fingerprint density at radius 1 is 0.574 bits per heavy atom. The average molecular weight is 672 g/mol. The summed E-state index contributed by atoms with van der Waals surface area (Å²) in [5, 5.41) is 1.49. The molecule has 0 bridgehead atoms. The van der Waals surface area contributed by atoms with Crippen molar-refractivity contribution in [3.8, 4) is 0 Å². The zero-order valence-corrected chi connectivity index (χ0v) is 30.3. The highest BCUT2D eigenvalue weighted by molar-refractivity contribution is 7.91. The topological polar surface area (TPSA) is 73.2 Å². The number of nitrogens with zero attached hydrogens (tertiary/aromatic N) is 1. The molecule has 0 radical (unpaired) electrons. The molecule has 250 valence electrons. The van der Waals surface area contributed by atoms with E-state index in [0.29, 0.717) is 5.41 Å². The van der Waals surface area contributed by atoms with Crippen LogP contribution in [0.3, 0.4) is 0 Å². The monoisotopic (exact) mass is 671 g/mol. The summed E-state index contributed by atoms with van der Waals surface area (Å²) in [6.07, 6.45) is 7.42. The third-order valence-corrected chi connectivity index (χ3v) is 14.7. The molecule has 0 spiro atoms. The van der Waals surface area contributed by atoms with Gasteiger partial charge in [-0.15, -0.1) is 0 Å². The second kappa shape index (κ2) is 13.6. The maximum absolute atomic E-state index is 13.8. The van der Waals surface area contributed by atoms with E-state index in [2.05, 4.69) is 46.1 Å². The lowest BCUT2D eigenvalue weighted by molar-refractivity contribution is 0.157. The van der Waals surface area contributed by atoms with E-state index >= 15 is 0 Å². The summed E-state index contributed by atoms with van der Waals surface area (Å²) in [6, 6.07) is 27.8. The minimum Gasteiger partial charge on any atom is -0.337 e. The number of fused-ring (bicyclic) bond motifs is 3. The lowest BCUT2D eigenvalue weighted by atomic mass is 9.73. The van der Waals surface area contributed by atoms with Crippen LogP contribution >= 0.6 is 0 Å². The van der Waals surface area contributed by atoms with Crippen LogP contribution < -0.4 is 0 Å². The summed E-state index contributed by atoms with van der Waals surface area (Å²) < 4.78 is 57.6. The van der Waals surface area contributed by atoms with E-state index in [1.54, 1.807) is 84.9 Å². The molecule has 1 aromatic heterocycles. The molecule has 5 aromatic rings. The van der Waals surface area contributed by atoms with Gasteiger partial charge in [0, 0.05) is 27.8 Å². The molecule has 0 aliphatic carbocycles. The fraction of sp³-hybridized carbons (Fsp3) is 0.400. The highest BCUT2D eigenvalue weighted by atomic mass is 32.2. The molecule has 1 atom stereocenters. The number of aromatic nitrogens is 1. The van der Waals surface area contributed by atoms with E-state index in [1.165, 1.54) is 0 Å². The lowest BCUT2D eigenvalue weighted by Crippen LogP contribution is -2.29. The van der Waals surface area contributed by atoms with Crippen molar-refractivity contribution < 1.29 is 16.8 Å². The van der Waals surface area contributed by atoms with Gasteiger partial charge >= 0.3 is 0 Å². The summed E-state index contributed by atoms with van der Waals surface area (Å²) in [5.41, 5.74) is 2.11. The Labute approximate surface area is 281 Å². The zero-order valence-electron chi connectivity index (χ0n) is 28.7. The van der Waals surface area contributed by atoms with Crippen LogP contribution in [0.25, 0.3) is 21.8 Å². The Morgan fingerprint density at radius 3 is 1.38 bits per heavy atom. The first-order chi connectivity index (χ1) is 22.3. The van der Waals surface area contributed by atoms with Crippen molar-refractivity contribution in [3.05, 3.63) is 97.1 Å². The van der Waals surface area contributed by atoms with Gasteiger partial charge in [0.05, 0.1) is 19.6 Å². The number of sulfone groups is 2. The average Bonchev–Trinajstić information content (AvgIpc) is 3.43. The summed E-state index contributed by atoms with van der Waals surface area (Å²) in [5.74, 6) is 0. The van der Waals surface area contributed by atoms with Crippen molar-refractivity contribution in [1.29, 1.82) is 0 Å². The highest BCUT2D eigenvalue weighted by Gasteiger charge is 2.35. The predicted octanol–water partition coefficient (Wildman–Crippen LogP) is 10.8. The zero-order chi connectivity index (χ0) is 34.0. The second-order valence-electron chi connectivity index (χ2n) is 13.6. The molecule has 0 fully saturated rings. The molecule has 0 saturated heterocycles. The van der Waals surface area contributed by atoms with E-state index in [9.17, 15) is 16.8 Å². The van der Waals surface area contributed by atoms with Crippen molar-refractivity contribution in [2.45, 2.75) is 112 Å². The Balaban J connectivity index is 1.77. The molecule has 0 N–H and O–H groups in total. The molecule has 1 unspecified atom stereocenters. The molecule has 1 heterocycles. The van der Waals surface area contributed by atoms with Gasteiger partial charge in [0.25, 0.3) is 0 Å². The molecule has 5 rings (SSSR count). The smallest absolute Gasteiger partial charge is 0.206 e. The van der Waals surface area contributed by atoms with Crippen LogP contribution in [0, 0.1) is 10.8 Å². The minimum absolute atomic E-state index is 0.0305. The van der Waals surface area contributed by atoms with E-state index in [-0.39, 0.29) is 31.0 Å². The number of rotatable bonds is 14. The normalized spacial score (nSPS) is 13.7.